The summed E-state index contributed by atoms with van der Waals surface area (Å²) >= 11 is 0. The minimum absolute atomic E-state index is 0.00917. The van der Waals surface area contributed by atoms with Crippen LogP contribution in [0.1, 0.15) is 88.4 Å². The van der Waals surface area contributed by atoms with Crippen molar-refractivity contribution in [3.63, 3.8) is 0 Å². The molecule has 1 aliphatic heterocycles. The fraction of sp³-hybridized carbons (Fsp3) is 0. The molecular weight excluding hydrogens is 536 g/mol. The van der Waals surface area contributed by atoms with Crippen molar-refractivity contribution in [2.24, 2.45) is 0 Å². The first kappa shape index (κ1) is 28.4. The number of hydrogen-bond donors (Lipinski definition) is 5. The number of rotatable bonds is 7. The number of ketones is 1. The van der Waals surface area contributed by atoms with E-state index in [2.05, 4.69) is 4.74 Å². The Labute approximate surface area is 221 Å². The maximum absolute atomic E-state index is 12.5. The van der Waals surface area contributed by atoms with Gasteiger partial charge in [-0.05, 0) is 42.5 Å². The number of carbonyl (C=O) groups is 8. The molecule has 3 aromatic carbocycles. The first-order chi connectivity index (χ1) is 18.7. The number of carbonyl (C=O) groups excluding carboxylic acids is 3. The van der Waals surface area contributed by atoms with Crippen LogP contribution >= 0.6 is 0 Å². The lowest BCUT2D eigenvalue weighted by atomic mass is 9.95. The molecule has 14 nitrogen and oxygen atoms in total. The van der Waals surface area contributed by atoms with Gasteiger partial charge in [-0.25, -0.2) is 33.6 Å². The van der Waals surface area contributed by atoms with Crippen molar-refractivity contribution in [1.82, 2.24) is 0 Å². The quantitative estimate of drug-likeness (QED) is 0.161. The zero-order valence-corrected chi connectivity index (χ0v) is 19.6. The topological polar surface area (TPSA) is 247 Å². The summed E-state index contributed by atoms with van der Waals surface area (Å²) in [6.45, 7) is 0. The number of esters is 2. The Kier molecular flexibility index (Phi) is 7.85. The van der Waals surface area contributed by atoms with E-state index in [1.165, 1.54) is 12.1 Å². The van der Waals surface area contributed by atoms with Crippen molar-refractivity contribution in [2.45, 2.75) is 0 Å². The van der Waals surface area contributed by atoms with E-state index in [4.69, 9.17) is 25.5 Å². The van der Waals surface area contributed by atoms with E-state index in [1.54, 1.807) is 0 Å². The van der Waals surface area contributed by atoms with Gasteiger partial charge in [0.2, 0.25) is 0 Å². The Hall–Kier alpha value is -6.18. The summed E-state index contributed by atoms with van der Waals surface area (Å²) in [6.07, 6.45) is 0. The second kappa shape index (κ2) is 11.1. The van der Waals surface area contributed by atoms with E-state index < -0.39 is 69.8 Å². The highest BCUT2D eigenvalue weighted by atomic mass is 16.6. The van der Waals surface area contributed by atoms with Gasteiger partial charge in [0, 0.05) is 11.1 Å². The van der Waals surface area contributed by atoms with Gasteiger partial charge >= 0.3 is 41.8 Å². The summed E-state index contributed by atoms with van der Waals surface area (Å²) in [4.78, 5) is 89.4. The average Bonchev–Trinajstić information content (AvgIpc) is 3.20. The van der Waals surface area contributed by atoms with E-state index in [0.29, 0.717) is 0 Å². The Bertz CT molecular complexity index is 1590. The Morgan fingerprint density at radius 3 is 1.25 bits per heavy atom. The minimum Gasteiger partial charge on any atom is -0.478 e. The van der Waals surface area contributed by atoms with Crippen molar-refractivity contribution >= 4 is 47.6 Å². The van der Waals surface area contributed by atoms with Crippen LogP contribution < -0.4 is 0 Å². The summed E-state index contributed by atoms with van der Waals surface area (Å²) in [5, 5.41) is 44.8. The lowest BCUT2D eigenvalue weighted by molar-refractivity contribution is 0.0441. The fourth-order valence-corrected chi connectivity index (χ4v) is 3.48. The van der Waals surface area contributed by atoms with Crippen LogP contribution in [0.15, 0.2) is 54.6 Å². The monoisotopic (exact) mass is 550 g/mol. The number of cyclic esters (lactones) is 2. The number of carboxylic acids is 5. The number of hydrogen-bond acceptors (Lipinski definition) is 9. The highest BCUT2D eigenvalue weighted by Crippen LogP contribution is 2.21. The van der Waals surface area contributed by atoms with E-state index in [-0.39, 0.29) is 27.8 Å². The zero-order chi connectivity index (χ0) is 29.9. The first-order valence-electron chi connectivity index (χ1n) is 10.6. The van der Waals surface area contributed by atoms with Crippen LogP contribution in [0, 0.1) is 0 Å². The van der Waals surface area contributed by atoms with Crippen molar-refractivity contribution in [2.75, 3.05) is 0 Å². The van der Waals surface area contributed by atoms with Crippen molar-refractivity contribution in [3.8, 4) is 0 Å². The highest BCUT2D eigenvalue weighted by Gasteiger charge is 2.30. The summed E-state index contributed by atoms with van der Waals surface area (Å²) in [5.74, 6) is -9.55. The van der Waals surface area contributed by atoms with E-state index in [1.807, 2.05) is 0 Å². The number of aromatic carboxylic acids is 5. The third-order valence-corrected chi connectivity index (χ3v) is 5.38. The first-order valence-corrected chi connectivity index (χ1v) is 10.6. The SMILES string of the molecule is O=C(O)c1ccc2c(c1)C(=O)OC2=O.O=C(c1ccc(C(=O)O)c(C(=O)O)c1)c1ccc(C(=O)O)c(C(=O)O)c1. The Morgan fingerprint density at radius 1 is 0.450 bits per heavy atom. The second-order valence-corrected chi connectivity index (χ2v) is 7.81. The third kappa shape index (κ3) is 5.70. The number of carboxylic acid groups (broad SMARTS) is 5. The second-order valence-electron chi connectivity index (χ2n) is 7.81. The van der Waals surface area contributed by atoms with Crippen LogP contribution in [0.25, 0.3) is 0 Å². The molecule has 4 rings (SSSR count). The Balaban J connectivity index is 0.000000263. The lowest BCUT2D eigenvalue weighted by Gasteiger charge is -2.08. The van der Waals surface area contributed by atoms with Gasteiger partial charge < -0.3 is 30.3 Å². The van der Waals surface area contributed by atoms with Gasteiger partial charge in [-0.2, -0.15) is 0 Å². The van der Waals surface area contributed by atoms with Crippen LogP contribution in [0.5, 0.6) is 0 Å². The predicted molar refractivity (Wildman–Crippen MR) is 127 cm³/mol. The van der Waals surface area contributed by atoms with Crippen LogP contribution in [-0.2, 0) is 4.74 Å². The molecule has 1 heterocycles. The van der Waals surface area contributed by atoms with Gasteiger partial charge in [0.15, 0.2) is 5.78 Å². The lowest BCUT2D eigenvalue weighted by Crippen LogP contribution is -2.13. The molecule has 0 radical (unpaired) electrons. The molecule has 0 spiro atoms. The fourth-order valence-electron chi connectivity index (χ4n) is 3.48. The molecule has 0 aliphatic carbocycles. The van der Waals surface area contributed by atoms with Gasteiger partial charge in [-0.1, -0.05) is 12.1 Å². The molecule has 0 amide bonds. The van der Waals surface area contributed by atoms with Crippen LogP contribution in [0.2, 0.25) is 0 Å². The minimum atomic E-state index is -1.55. The van der Waals surface area contributed by atoms with E-state index >= 15 is 0 Å². The number of benzene rings is 3. The van der Waals surface area contributed by atoms with Crippen LogP contribution in [-0.4, -0.2) is 73.1 Å². The largest absolute Gasteiger partial charge is 0.478 e. The molecule has 40 heavy (non-hydrogen) atoms. The summed E-state index contributed by atoms with van der Waals surface area (Å²) in [6, 6.07) is 9.44. The van der Waals surface area contributed by atoms with Gasteiger partial charge in [-0.3, -0.25) is 4.79 Å². The average molecular weight is 550 g/mol. The molecule has 0 atom stereocenters. The van der Waals surface area contributed by atoms with Gasteiger partial charge in [0.1, 0.15) is 0 Å². The van der Waals surface area contributed by atoms with Gasteiger partial charge in [0.05, 0.1) is 38.9 Å². The smallest absolute Gasteiger partial charge is 0.346 e. The van der Waals surface area contributed by atoms with Crippen molar-refractivity contribution in [3.05, 3.63) is 105 Å². The molecule has 0 unspecified atom stereocenters. The van der Waals surface area contributed by atoms with Gasteiger partial charge in [-0.15, -0.1) is 0 Å². The molecule has 202 valence electrons. The molecule has 0 fully saturated rings. The summed E-state index contributed by atoms with van der Waals surface area (Å²) in [7, 11) is 0. The van der Waals surface area contributed by atoms with E-state index in [9.17, 15) is 38.4 Å². The molecule has 5 N–H and O–H groups in total. The normalized spacial score (nSPS) is 11.4. The van der Waals surface area contributed by atoms with Gasteiger partial charge in [0.25, 0.3) is 0 Å². The number of fused-ring (bicyclic) bond motifs is 1. The molecule has 3 aromatic rings. The van der Waals surface area contributed by atoms with Crippen molar-refractivity contribution < 1.29 is 68.6 Å². The van der Waals surface area contributed by atoms with Crippen molar-refractivity contribution in [1.29, 1.82) is 0 Å². The molecule has 0 saturated carbocycles. The standard InChI is InChI=1S/C17H10O9.C9H4O5/c18-13(7-1-3-9(14(19)20)11(5-7)16(23)24)8-2-4-10(15(21)22)12(6-8)17(25)26;10-7(11)4-1-2-5-6(3-4)9(13)14-8(5)12/h1-6H,(H,19,20)(H,21,22)(H,23,24)(H,25,26);1-3H,(H,10,11). The molecular formula is C26H14O14. The Morgan fingerprint density at radius 2 is 0.850 bits per heavy atom. The predicted octanol–water partition coefficient (Wildman–Crippen LogP) is 2.41. The molecule has 0 bridgehead atoms. The maximum atomic E-state index is 12.5. The van der Waals surface area contributed by atoms with Crippen LogP contribution in [0.3, 0.4) is 0 Å². The summed E-state index contributed by atoms with van der Waals surface area (Å²) in [5.41, 5.74) is -2.54. The highest BCUT2D eigenvalue weighted by molar-refractivity contribution is 6.15. The third-order valence-electron chi connectivity index (χ3n) is 5.38. The van der Waals surface area contributed by atoms with E-state index in [0.717, 1.165) is 42.5 Å². The molecule has 14 heteroatoms. The zero-order valence-electron chi connectivity index (χ0n) is 19.6. The van der Waals surface area contributed by atoms with Crippen LogP contribution in [0.4, 0.5) is 0 Å². The summed E-state index contributed by atoms with van der Waals surface area (Å²) < 4.78 is 4.30. The number of ether oxygens (including phenoxy) is 1. The molecule has 0 aromatic heterocycles. The maximum Gasteiger partial charge on any atom is 0.346 e. The molecule has 0 saturated heterocycles. The molecule has 1 aliphatic rings.